The average Bonchev–Trinajstić information content (AvgIpc) is 2.81. The van der Waals surface area contributed by atoms with Gasteiger partial charge in [0.25, 0.3) is 17.4 Å². The Morgan fingerprint density at radius 1 is 0.875 bits per heavy atom. The van der Waals surface area contributed by atoms with Gasteiger partial charge in [-0.25, -0.2) is 0 Å². The molecule has 2 N–H and O–H groups in total. The molecule has 0 atom stereocenters. The summed E-state index contributed by atoms with van der Waals surface area (Å²) in [7, 11) is 0. The average molecular weight is 425 g/mol. The molecule has 4 rings (SSSR count). The number of aromatic nitrogens is 3. The van der Waals surface area contributed by atoms with Gasteiger partial charge in [0, 0.05) is 42.2 Å². The van der Waals surface area contributed by atoms with Crippen molar-refractivity contribution in [3.05, 3.63) is 113 Å². The first-order valence-corrected chi connectivity index (χ1v) is 9.79. The van der Waals surface area contributed by atoms with E-state index in [1.807, 2.05) is 6.92 Å². The van der Waals surface area contributed by atoms with Crippen molar-refractivity contribution in [2.24, 2.45) is 0 Å². The fraction of sp³-hybridized carbons (Fsp3) is 0.0417. The van der Waals surface area contributed by atoms with E-state index in [-0.39, 0.29) is 16.8 Å². The highest BCUT2D eigenvalue weighted by atomic mass is 16.2. The number of rotatable bonds is 5. The van der Waals surface area contributed by atoms with Gasteiger partial charge in [0.15, 0.2) is 0 Å². The van der Waals surface area contributed by atoms with E-state index >= 15 is 0 Å². The lowest BCUT2D eigenvalue weighted by atomic mass is 10.2. The summed E-state index contributed by atoms with van der Waals surface area (Å²) in [5.74, 6) is -0.863. The SMILES string of the molecule is Cc1ccc(C(=O)Nc2ccncc2C(=O)Nc2ccc(-n3ccccc3=O)cc2)nc1. The van der Waals surface area contributed by atoms with E-state index in [1.54, 1.807) is 67.0 Å². The van der Waals surface area contributed by atoms with Gasteiger partial charge in [0.1, 0.15) is 5.69 Å². The minimum atomic E-state index is -0.435. The van der Waals surface area contributed by atoms with Gasteiger partial charge >= 0.3 is 0 Å². The molecule has 158 valence electrons. The molecule has 0 spiro atoms. The number of benzene rings is 1. The second kappa shape index (κ2) is 9.05. The molecule has 0 unspecified atom stereocenters. The number of aryl methyl sites for hydroxylation is 1. The number of anilines is 2. The highest BCUT2D eigenvalue weighted by Crippen LogP contribution is 2.18. The molecule has 0 saturated carbocycles. The van der Waals surface area contributed by atoms with Crippen molar-refractivity contribution in [3.63, 3.8) is 0 Å². The number of nitrogens with one attached hydrogen (secondary N) is 2. The first kappa shape index (κ1) is 20.7. The minimum absolute atomic E-state index is 0.150. The predicted molar refractivity (Wildman–Crippen MR) is 121 cm³/mol. The Morgan fingerprint density at radius 2 is 1.69 bits per heavy atom. The summed E-state index contributed by atoms with van der Waals surface area (Å²) in [6.45, 7) is 1.88. The molecular formula is C24H19N5O3. The molecule has 3 aromatic heterocycles. The van der Waals surface area contributed by atoms with Crippen molar-refractivity contribution in [3.8, 4) is 5.69 Å². The highest BCUT2D eigenvalue weighted by Gasteiger charge is 2.15. The van der Waals surface area contributed by atoms with Gasteiger partial charge in [0.05, 0.1) is 11.3 Å². The molecule has 0 radical (unpaired) electrons. The molecular weight excluding hydrogens is 406 g/mol. The number of carbonyl (C=O) groups excluding carboxylic acids is 2. The number of hydrogen-bond donors (Lipinski definition) is 2. The highest BCUT2D eigenvalue weighted by molar-refractivity contribution is 6.11. The van der Waals surface area contributed by atoms with Gasteiger partial charge in [-0.05, 0) is 55.0 Å². The van der Waals surface area contributed by atoms with Crippen molar-refractivity contribution in [1.82, 2.24) is 14.5 Å². The van der Waals surface area contributed by atoms with Gasteiger partial charge in [0.2, 0.25) is 0 Å². The maximum atomic E-state index is 12.8. The topological polar surface area (TPSA) is 106 Å². The maximum absolute atomic E-state index is 12.8. The number of pyridine rings is 3. The monoisotopic (exact) mass is 425 g/mol. The molecule has 0 bridgehead atoms. The molecule has 1 aromatic carbocycles. The molecule has 3 heterocycles. The molecule has 0 aliphatic heterocycles. The van der Waals surface area contributed by atoms with E-state index in [0.29, 0.717) is 17.1 Å². The van der Waals surface area contributed by atoms with Crippen LogP contribution in [0, 0.1) is 6.92 Å². The number of carbonyl (C=O) groups is 2. The second-order valence-corrected chi connectivity index (χ2v) is 7.01. The van der Waals surface area contributed by atoms with Crippen LogP contribution in [-0.2, 0) is 0 Å². The summed E-state index contributed by atoms with van der Waals surface area (Å²) in [4.78, 5) is 45.4. The largest absolute Gasteiger partial charge is 0.322 e. The van der Waals surface area contributed by atoms with Crippen LogP contribution in [0.3, 0.4) is 0 Å². The van der Waals surface area contributed by atoms with Gasteiger partial charge < -0.3 is 10.6 Å². The van der Waals surface area contributed by atoms with Crippen LogP contribution < -0.4 is 16.2 Å². The Bertz CT molecular complexity index is 1330. The lowest BCUT2D eigenvalue weighted by molar-refractivity contribution is 0.102. The van der Waals surface area contributed by atoms with E-state index in [9.17, 15) is 14.4 Å². The zero-order valence-electron chi connectivity index (χ0n) is 17.1. The molecule has 8 nitrogen and oxygen atoms in total. The summed E-state index contributed by atoms with van der Waals surface area (Å²) in [5, 5.41) is 5.49. The second-order valence-electron chi connectivity index (χ2n) is 7.01. The molecule has 4 aromatic rings. The van der Waals surface area contributed by atoms with Crippen LogP contribution in [0.1, 0.15) is 26.4 Å². The lowest BCUT2D eigenvalue weighted by Crippen LogP contribution is -2.19. The van der Waals surface area contributed by atoms with E-state index in [1.165, 1.54) is 23.0 Å². The van der Waals surface area contributed by atoms with Crippen LogP contribution in [0.4, 0.5) is 11.4 Å². The third-order valence-electron chi connectivity index (χ3n) is 4.68. The van der Waals surface area contributed by atoms with Crippen molar-refractivity contribution < 1.29 is 9.59 Å². The fourth-order valence-corrected chi connectivity index (χ4v) is 3.02. The Morgan fingerprint density at radius 3 is 2.41 bits per heavy atom. The standard InChI is InChI=1S/C24H19N5O3/c1-16-5-10-21(26-14-16)24(32)28-20-11-12-25-15-19(20)23(31)27-17-6-8-18(9-7-17)29-13-3-2-4-22(29)30/h2-15H,1H3,(H,27,31)(H,25,28,32). The van der Waals surface area contributed by atoms with E-state index in [2.05, 4.69) is 20.6 Å². The third kappa shape index (κ3) is 4.59. The van der Waals surface area contributed by atoms with Crippen molar-refractivity contribution in [1.29, 1.82) is 0 Å². The van der Waals surface area contributed by atoms with Gasteiger partial charge in [-0.3, -0.25) is 28.9 Å². The summed E-state index contributed by atoms with van der Waals surface area (Å²) in [6.07, 6.45) is 6.14. The smallest absolute Gasteiger partial charge is 0.274 e. The van der Waals surface area contributed by atoms with Crippen molar-refractivity contribution >= 4 is 23.2 Å². The molecule has 0 aliphatic carbocycles. The third-order valence-corrected chi connectivity index (χ3v) is 4.68. The van der Waals surface area contributed by atoms with Gasteiger partial charge in [-0.15, -0.1) is 0 Å². The normalized spacial score (nSPS) is 10.4. The van der Waals surface area contributed by atoms with Crippen LogP contribution in [0.25, 0.3) is 5.69 Å². The van der Waals surface area contributed by atoms with Crippen LogP contribution in [0.2, 0.25) is 0 Å². The van der Waals surface area contributed by atoms with E-state index in [4.69, 9.17) is 0 Å². The Kier molecular flexibility index (Phi) is 5.85. The predicted octanol–water partition coefficient (Wildman–Crippen LogP) is 3.44. The van der Waals surface area contributed by atoms with E-state index in [0.717, 1.165) is 5.56 Å². The molecule has 0 saturated heterocycles. The summed E-state index contributed by atoms with van der Waals surface area (Å²) >= 11 is 0. The van der Waals surface area contributed by atoms with E-state index < -0.39 is 11.8 Å². The van der Waals surface area contributed by atoms with Crippen LogP contribution >= 0.6 is 0 Å². The number of nitrogens with zero attached hydrogens (tertiary/aromatic N) is 3. The Balaban J connectivity index is 1.50. The van der Waals surface area contributed by atoms with Gasteiger partial charge in [-0.2, -0.15) is 0 Å². The molecule has 8 heteroatoms. The minimum Gasteiger partial charge on any atom is -0.322 e. The zero-order valence-corrected chi connectivity index (χ0v) is 17.1. The first-order valence-electron chi connectivity index (χ1n) is 9.79. The molecule has 2 amide bonds. The molecule has 32 heavy (non-hydrogen) atoms. The fourth-order valence-electron chi connectivity index (χ4n) is 3.02. The zero-order chi connectivity index (χ0) is 22.5. The lowest BCUT2D eigenvalue weighted by Gasteiger charge is -2.11. The van der Waals surface area contributed by atoms with Crippen LogP contribution in [-0.4, -0.2) is 26.3 Å². The quantitative estimate of drug-likeness (QED) is 0.510. The number of hydrogen-bond acceptors (Lipinski definition) is 5. The maximum Gasteiger partial charge on any atom is 0.274 e. The summed E-state index contributed by atoms with van der Waals surface area (Å²) in [5.41, 5.74) is 2.76. The van der Waals surface area contributed by atoms with Crippen molar-refractivity contribution in [2.75, 3.05) is 10.6 Å². The first-order chi connectivity index (χ1) is 15.5. The Hall–Kier alpha value is -4.59. The molecule has 0 fully saturated rings. The van der Waals surface area contributed by atoms with Gasteiger partial charge in [-0.1, -0.05) is 12.1 Å². The summed E-state index contributed by atoms with van der Waals surface area (Å²) < 4.78 is 1.50. The Labute approximate surface area is 183 Å². The number of amides is 2. The molecule has 0 aliphatic rings. The summed E-state index contributed by atoms with van der Waals surface area (Å²) in [6, 6.07) is 16.7. The van der Waals surface area contributed by atoms with Crippen LogP contribution in [0.15, 0.2) is 90.2 Å². The van der Waals surface area contributed by atoms with Crippen LogP contribution in [0.5, 0.6) is 0 Å². The van der Waals surface area contributed by atoms with Crippen molar-refractivity contribution in [2.45, 2.75) is 6.92 Å².